The molecule has 0 aliphatic carbocycles. The summed E-state index contributed by atoms with van der Waals surface area (Å²) in [5, 5.41) is 15.2. The first kappa shape index (κ1) is 15.3. The van der Waals surface area contributed by atoms with E-state index in [1.807, 2.05) is 20.8 Å². The molecule has 0 bridgehead atoms. The number of hydrogen-bond donors (Lipinski definition) is 2. The second-order valence-electron chi connectivity index (χ2n) is 4.57. The molecule has 0 aliphatic heterocycles. The summed E-state index contributed by atoms with van der Waals surface area (Å²) in [5.74, 6) is 5.95. The van der Waals surface area contributed by atoms with Gasteiger partial charge in [-0.15, -0.1) is 11.3 Å². The lowest BCUT2D eigenvalue weighted by Crippen LogP contribution is -2.10. The summed E-state index contributed by atoms with van der Waals surface area (Å²) in [6.07, 6.45) is 0.426. The van der Waals surface area contributed by atoms with E-state index in [2.05, 4.69) is 22.3 Å². The minimum atomic E-state index is -0.238. The maximum absolute atomic E-state index is 12.2. The minimum absolute atomic E-state index is 0.0366. The molecule has 110 valence electrons. The summed E-state index contributed by atoms with van der Waals surface area (Å²) in [6.45, 7) is 5.60. The maximum Gasteiger partial charge on any atom is 0.268 e. The van der Waals surface area contributed by atoms with Gasteiger partial charge in [-0.05, 0) is 32.4 Å². The molecule has 0 atom stereocenters. The monoisotopic (exact) mass is 304 g/mol. The molecule has 21 heavy (non-hydrogen) atoms. The molecule has 5 nitrogen and oxygen atoms in total. The zero-order valence-corrected chi connectivity index (χ0v) is 12.9. The van der Waals surface area contributed by atoms with Crippen molar-refractivity contribution in [1.82, 2.24) is 5.16 Å². The number of nitrogens with one attached hydrogen (secondary N) is 1. The molecule has 1 amide bonds. The third-order valence-corrected chi connectivity index (χ3v) is 4.12. The fourth-order valence-electron chi connectivity index (χ4n) is 1.61. The average Bonchev–Trinajstić information content (AvgIpc) is 2.97. The lowest BCUT2D eigenvalue weighted by molar-refractivity contribution is 0.102. The summed E-state index contributed by atoms with van der Waals surface area (Å²) >= 11 is 1.32. The number of aliphatic hydroxyl groups excluding tert-OH is 1. The number of amides is 1. The van der Waals surface area contributed by atoms with E-state index in [9.17, 15) is 4.79 Å². The molecular weight excluding hydrogens is 288 g/mol. The third kappa shape index (κ3) is 3.51. The number of thiophene rings is 1. The highest BCUT2D eigenvalue weighted by Gasteiger charge is 2.16. The van der Waals surface area contributed by atoms with Crippen LogP contribution in [-0.2, 0) is 0 Å². The van der Waals surface area contributed by atoms with Crippen LogP contribution in [0.5, 0.6) is 0 Å². The zero-order chi connectivity index (χ0) is 15.4. The largest absolute Gasteiger partial charge is 0.395 e. The molecule has 0 unspecified atom stereocenters. The number of rotatable bonds is 3. The van der Waals surface area contributed by atoms with Gasteiger partial charge in [-0.1, -0.05) is 17.0 Å². The van der Waals surface area contributed by atoms with E-state index in [0.29, 0.717) is 17.2 Å². The Balaban J connectivity index is 2.15. The lowest BCUT2D eigenvalue weighted by Gasteiger charge is -1.98. The predicted octanol–water partition coefficient (Wildman–Crippen LogP) is 2.65. The topological polar surface area (TPSA) is 75.4 Å². The highest BCUT2D eigenvalue weighted by molar-refractivity contribution is 7.14. The Bertz CT molecular complexity index is 719. The molecule has 0 saturated carbocycles. The van der Waals surface area contributed by atoms with Gasteiger partial charge >= 0.3 is 0 Å². The van der Waals surface area contributed by atoms with Crippen LogP contribution in [0.3, 0.4) is 0 Å². The normalized spacial score (nSPS) is 10.1. The molecule has 2 heterocycles. The van der Waals surface area contributed by atoms with E-state index in [4.69, 9.17) is 9.63 Å². The van der Waals surface area contributed by atoms with Crippen LogP contribution in [0, 0.1) is 32.6 Å². The molecule has 0 saturated heterocycles. The Labute approximate surface area is 127 Å². The number of carbonyl (C=O) groups is 1. The van der Waals surface area contributed by atoms with E-state index in [-0.39, 0.29) is 12.5 Å². The Morgan fingerprint density at radius 3 is 2.86 bits per heavy atom. The Morgan fingerprint density at radius 1 is 1.48 bits per heavy atom. The molecule has 2 aromatic rings. The average molecular weight is 304 g/mol. The molecule has 2 N–H and O–H groups in total. The Hall–Kier alpha value is -2.10. The molecule has 2 rings (SSSR count). The van der Waals surface area contributed by atoms with Gasteiger partial charge in [-0.25, -0.2) is 0 Å². The first-order chi connectivity index (χ1) is 10.0. The van der Waals surface area contributed by atoms with Crippen LogP contribution in [0.15, 0.2) is 10.6 Å². The fourth-order valence-corrected chi connectivity index (χ4v) is 2.56. The molecule has 2 aromatic heterocycles. The van der Waals surface area contributed by atoms with E-state index in [1.54, 1.807) is 6.07 Å². The highest BCUT2D eigenvalue weighted by atomic mass is 32.1. The lowest BCUT2D eigenvalue weighted by atomic mass is 10.2. The van der Waals surface area contributed by atoms with Crippen LogP contribution in [-0.4, -0.2) is 22.8 Å². The molecule has 0 radical (unpaired) electrons. The van der Waals surface area contributed by atoms with Gasteiger partial charge in [0, 0.05) is 12.0 Å². The third-order valence-electron chi connectivity index (χ3n) is 2.96. The van der Waals surface area contributed by atoms with Crippen molar-refractivity contribution in [2.24, 2.45) is 0 Å². The van der Waals surface area contributed by atoms with Crippen molar-refractivity contribution in [3.63, 3.8) is 0 Å². The minimum Gasteiger partial charge on any atom is -0.395 e. The number of aromatic nitrogens is 1. The standard InChI is InChI=1S/C15H16N2O3S/c1-9-8-13(21-12(9)6-4-5-7-18)14(19)16-15-10(2)11(3)17-20-15/h8,18H,5,7H2,1-3H3,(H,16,19). The highest BCUT2D eigenvalue weighted by Crippen LogP contribution is 2.23. The number of aliphatic hydroxyl groups is 1. The maximum atomic E-state index is 12.2. The Kier molecular flexibility index (Phi) is 4.78. The van der Waals surface area contributed by atoms with Crippen molar-refractivity contribution in [3.8, 4) is 11.8 Å². The SMILES string of the molecule is Cc1cc(C(=O)Nc2onc(C)c2C)sc1C#CCCO. The molecule has 6 heteroatoms. The summed E-state index contributed by atoms with van der Waals surface area (Å²) in [4.78, 5) is 13.6. The van der Waals surface area contributed by atoms with Crippen molar-refractivity contribution >= 4 is 23.1 Å². The molecule has 0 aliphatic rings. The van der Waals surface area contributed by atoms with Crippen molar-refractivity contribution in [2.45, 2.75) is 27.2 Å². The summed E-state index contributed by atoms with van der Waals surface area (Å²) in [7, 11) is 0. The van der Waals surface area contributed by atoms with Gasteiger partial charge in [0.2, 0.25) is 5.88 Å². The molecule has 0 fully saturated rings. The van der Waals surface area contributed by atoms with Gasteiger partial charge in [-0.3, -0.25) is 10.1 Å². The van der Waals surface area contributed by atoms with Crippen molar-refractivity contribution in [1.29, 1.82) is 0 Å². The molecular formula is C15H16N2O3S. The van der Waals surface area contributed by atoms with Crippen LogP contribution in [0.2, 0.25) is 0 Å². The van der Waals surface area contributed by atoms with E-state index < -0.39 is 0 Å². The van der Waals surface area contributed by atoms with Crippen molar-refractivity contribution in [2.75, 3.05) is 11.9 Å². The van der Waals surface area contributed by atoms with Gasteiger partial charge in [-0.2, -0.15) is 0 Å². The second kappa shape index (κ2) is 6.57. The second-order valence-corrected chi connectivity index (χ2v) is 5.63. The van der Waals surface area contributed by atoms with E-state index in [0.717, 1.165) is 21.7 Å². The van der Waals surface area contributed by atoms with E-state index >= 15 is 0 Å². The molecule has 0 aromatic carbocycles. The van der Waals surface area contributed by atoms with Gasteiger partial charge < -0.3 is 9.63 Å². The summed E-state index contributed by atoms with van der Waals surface area (Å²) in [6, 6.07) is 1.79. The van der Waals surface area contributed by atoms with Crippen LogP contribution in [0.25, 0.3) is 0 Å². The van der Waals surface area contributed by atoms with Crippen LogP contribution < -0.4 is 5.32 Å². The quantitative estimate of drug-likeness (QED) is 0.855. The number of anilines is 1. The first-order valence-electron chi connectivity index (χ1n) is 6.47. The van der Waals surface area contributed by atoms with Gasteiger partial charge in [0.25, 0.3) is 5.91 Å². The number of hydrogen-bond acceptors (Lipinski definition) is 5. The summed E-state index contributed by atoms with van der Waals surface area (Å²) < 4.78 is 5.07. The van der Waals surface area contributed by atoms with Crippen molar-refractivity contribution < 1.29 is 14.4 Å². The van der Waals surface area contributed by atoms with Gasteiger partial charge in [0.05, 0.1) is 22.1 Å². The van der Waals surface area contributed by atoms with E-state index in [1.165, 1.54) is 11.3 Å². The van der Waals surface area contributed by atoms with Crippen LogP contribution in [0.1, 0.15) is 37.8 Å². The van der Waals surface area contributed by atoms with Crippen LogP contribution >= 0.6 is 11.3 Å². The van der Waals surface area contributed by atoms with Crippen molar-refractivity contribution in [3.05, 3.63) is 32.6 Å². The number of carbonyl (C=O) groups excluding carboxylic acids is 1. The summed E-state index contributed by atoms with van der Waals surface area (Å²) in [5.41, 5.74) is 2.52. The van der Waals surface area contributed by atoms with Gasteiger partial charge in [0.1, 0.15) is 0 Å². The number of nitrogens with zero attached hydrogens (tertiary/aromatic N) is 1. The smallest absolute Gasteiger partial charge is 0.268 e. The molecule has 0 spiro atoms. The van der Waals surface area contributed by atoms with Crippen LogP contribution in [0.4, 0.5) is 5.88 Å². The fraction of sp³-hybridized carbons (Fsp3) is 0.333. The zero-order valence-electron chi connectivity index (χ0n) is 12.1. The van der Waals surface area contributed by atoms with Gasteiger partial charge in [0.15, 0.2) is 0 Å². The predicted molar refractivity (Wildman–Crippen MR) is 81.6 cm³/mol. The first-order valence-corrected chi connectivity index (χ1v) is 7.29. The Morgan fingerprint density at radius 2 is 2.24 bits per heavy atom. The number of aryl methyl sites for hydroxylation is 2.